The molecular formula is C14H22BrNS. The molecule has 0 saturated heterocycles. The molecule has 0 spiro atoms. The first-order valence-corrected chi connectivity index (χ1v) is 7.93. The fraction of sp³-hybridized carbons (Fsp3) is 0.571. The van der Waals surface area contributed by atoms with Crippen molar-refractivity contribution in [1.29, 1.82) is 0 Å². The van der Waals surface area contributed by atoms with E-state index in [4.69, 9.17) is 5.73 Å². The molecule has 96 valence electrons. The first-order valence-electron chi connectivity index (χ1n) is 6.16. The maximum Gasteiger partial charge on any atom is 0.0186 e. The highest BCUT2D eigenvalue weighted by molar-refractivity contribution is 9.10. The lowest BCUT2D eigenvalue weighted by atomic mass is 10.1. The van der Waals surface area contributed by atoms with Crippen LogP contribution in [0.5, 0.6) is 0 Å². The zero-order valence-electron chi connectivity index (χ0n) is 10.9. The highest BCUT2D eigenvalue weighted by atomic mass is 79.9. The molecule has 0 aromatic heterocycles. The van der Waals surface area contributed by atoms with Crippen LogP contribution < -0.4 is 5.73 Å². The van der Waals surface area contributed by atoms with Crippen molar-refractivity contribution in [3.63, 3.8) is 0 Å². The van der Waals surface area contributed by atoms with Crippen LogP contribution in [-0.2, 0) is 6.42 Å². The summed E-state index contributed by atoms with van der Waals surface area (Å²) in [4.78, 5) is 1.37. The smallest absolute Gasteiger partial charge is 0.0186 e. The van der Waals surface area contributed by atoms with E-state index in [1.165, 1.54) is 22.6 Å². The number of rotatable bonds is 6. The Kier molecular flexibility index (Phi) is 6.60. The SMILES string of the molecule is CC(C)CCSc1cc(Br)ccc1CC(C)N. The zero-order chi connectivity index (χ0) is 12.8. The molecule has 0 aliphatic rings. The van der Waals surface area contributed by atoms with Gasteiger partial charge in [0.25, 0.3) is 0 Å². The summed E-state index contributed by atoms with van der Waals surface area (Å²) in [6.07, 6.45) is 2.21. The molecule has 1 atom stereocenters. The van der Waals surface area contributed by atoms with Gasteiger partial charge in [0.15, 0.2) is 0 Å². The van der Waals surface area contributed by atoms with Crippen molar-refractivity contribution in [3.05, 3.63) is 28.2 Å². The van der Waals surface area contributed by atoms with E-state index in [-0.39, 0.29) is 6.04 Å². The molecule has 3 heteroatoms. The minimum absolute atomic E-state index is 0.223. The van der Waals surface area contributed by atoms with Crippen molar-refractivity contribution in [2.45, 2.75) is 44.6 Å². The molecule has 0 bridgehead atoms. The van der Waals surface area contributed by atoms with E-state index in [0.717, 1.165) is 16.8 Å². The largest absolute Gasteiger partial charge is 0.328 e. The standard InChI is InChI=1S/C14H22BrNS/c1-10(2)6-7-17-14-9-13(15)5-4-12(14)8-11(3)16/h4-5,9-11H,6-8,16H2,1-3H3. The average Bonchev–Trinajstić information content (AvgIpc) is 2.21. The third-order valence-electron chi connectivity index (χ3n) is 2.52. The Labute approximate surface area is 118 Å². The number of hydrogen-bond donors (Lipinski definition) is 1. The minimum atomic E-state index is 0.223. The lowest BCUT2D eigenvalue weighted by Gasteiger charge is -2.12. The number of halogens is 1. The number of thioether (sulfide) groups is 1. The van der Waals surface area contributed by atoms with Gasteiger partial charge in [0, 0.05) is 15.4 Å². The second kappa shape index (κ2) is 7.45. The van der Waals surface area contributed by atoms with Crippen molar-refractivity contribution < 1.29 is 0 Å². The van der Waals surface area contributed by atoms with E-state index in [1.807, 2.05) is 11.8 Å². The molecule has 0 fully saturated rings. The minimum Gasteiger partial charge on any atom is -0.328 e. The topological polar surface area (TPSA) is 26.0 Å². The normalized spacial score (nSPS) is 13.1. The fourth-order valence-electron chi connectivity index (χ4n) is 1.58. The van der Waals surface area contributed by atoms with Gasteiger partial charge in [0.05, 0.1) is 0 Å². The Morgan fingerprint density at radius 3 is 2.59 bits per heavy atom. The Hall–Kier alpha value is 0.01000. The molecule has 1 aromatic carbocycles. The van der Waals surface area contributed by atoms with Gasteiger partial charge in [-0.15, -0.1) is 11.8 Å². The van der Waals surface area contributed by atoms with Gasteiger partial charge in [-0.25, -0.2) is 0 Å². The number of nitrogens with two attached hydrogens (primary N) is 1. The van der Waals surface area contributed by atoms with Gasteiger partial charge in [0.2, 0.25) is 0 Å². The molecule has 1 rings (SSSR count). The quantitative estimate of drug-likeness (QED) is 0.783. The predicted octanol–water partition coefficient (Wildman–Crippen LogP) is 4.48. The summed E-state index contributed by atoms with van der Waals surface area (Å²) in [5.74, 6) is 1.95. The van der Waals surface area contributed by atoms with E-state index in [9.17, 15) is 0 Å². The van der Waals surface area contributed by atoms with Crippen LogP contribution in [0, 0.1) is 5.92 Å². The van der Waals surface area contributed by atoms with Gasteiger partial charge in [0.1, 0.15) is 0 Å². The molecule has 0 saturated carbocycles. The summed E-state index contributed by atoms with van der Waals surface area (Å²) in [5.41, 5.74) is 7.26. The average molecular weight is 316 g/mol. The lowest BCUT2D eigenvalue weighted by molar-refractivity contribution is 0.632. The first kappa shape index (κ1) is 15.1. The zero-order valence-corrected chi connectivity index (χ0v) is 13.3. The van der Waals surface area contributed by atoms with Gasteiger partial charge in [-0.05, 0) is 49.1 Å². The summed E-state index contributed by atoms with van der Waals surface area (Å²) < 4.78 is 1.15. The van der Waals surface area contributed by atoms with Crippen molar-refractivity contribution in [1.82, 2.24) is 0 Å². The van der Waals surface area contributed by atoms with Crippen molar-refractivity contribution in [3.8, 4) is 0 Å². The van der Waals surface area contributed by atoms with E-state index < -0.39 is 0 Å². The van der Waals surface area contributed by atoms with E-state index in [0.29, 0.717) is 0 Å². The Balaban J connectivity index is 2.69. The summed E-state index contributed by atoms with van der Waals surface area (Å²) >= 11 is 5.48. The summed E-state index contributed by atoms with van der Waals surface area (Å²) in [6.45, 7) is 6.60. The van der Waals surface area contributed by atoms with E-state index in [1.54, 1.807) is 0 Å². The summed E-state index contributed by atoms with van der Waals surface area (Å²) in [5, 5.41) is 0. The molecular weight excluding hydrogens is 294 g/mol. The summed E-state index contributed by atoms with van der Waals surface area (Å²) in [6, 6.07) is 6.72. The predicted molar refractivity (Wildman–Crippen MR) is 81.7 cm³/mol. The van der Waals surface area contributed by atoms with Gasteiger partial charge in [-0.1, -0.05) is 35.8 Å². The third-order valence-corrected chi connectivity index (χ3v) is 4.15. The van der Waals surface area contributed by atoms with Crippen LogP contribution in [0.15, 0.2) is 27.6 Å². The fourth-order valence-corrected chi connectivity index (χ4v) is 3.45. The molecule has 0 radical (unpaired) electrons. The molecule has 0 aliphatic carbocycles. The van der Waals surface area contributed by atoms with Gasteiger partial charge in [-0.3, -0.25) is 0 Å². The lowest BCUT2D eigenvalue weighted by Crippen LogP contribution is -2.18. The van der Waals surface area contributed by atoms with Crippen LogP contribution >= 0.6 is 27.7 Å². The molecule has 17 heavy (non-hydrogen) atoms. The van der Waals surface area contributed by atoms with Crippen LogP contribution in [0.25, 0.3) is 0 Å². The van der Waals surface area contributed by atoms with Crippen molar-refractivity contribution >= 4 is 27.7 Å². The Bertz CT molecular complexity index is 350. The van der Waals surface area contributed by atoms with E-state index >= 15 is 0 Å². The molecule has 0 aliphatic heterocycles. The van der Waals surface area contributed by atoms with Gasteiger partial charge in [-0.2, -0.15) is 0 Å². The maximum absolute atomic E-state index is 5.89. The van der Waals surface area contributed by atoms with Gasteiger partial charge < -0.3 is 5.73 Å². The second-order valence-electron chi connectivity index (χ2n) is 4.96. The van der Waals surface area contributed by atoms with Crippen LogP contribution in [0.4, 0.5) is 0 Å². The van der Waals surface area contributed by atoms with Crippen molar-refractivity contribution in [2.75, 3.05) is 5.75 Å². The van der Waals surface area contributed by atoms with Crippen LogP contribution in [0.1, 0.15) is 32.8 Å². The molecule has 1 unspecified atom stereocenters. The molecule has 0 heterocycles. The Morgan fingerprint density at radius 2 is 2.00 bits per heavy atom. The van der Waals surface area contributed by atoms with Crippen LogP contribution in [-0.4, -0.2) is 11.8 Å². The van der Waals surface area contributed by atoms with Crippen molar-refractivity contribution in [2.24, 2.45) is 11.7 Å². The molecule has 0 amide bonds. The number of hydrogen-bond acceptors (Lipinski definition) is 2. The molecule has 2 N–H and O–H groups in total. The highest BCUT2D eigenvalue weighted by Crippen LogP contribution is 2.28. The highest BCUT2D eigenvalue weighted by Gasteiger charge is 2.07. The van der Waals surface area contributed by atoms with Crippen LogP contribution in [0.2, 0.25) is 0 Å². The Morgan fingerprint density at radius 1 is 1.29 bits per heavy atom. The first-order chi connectivity index (χ1) is 7.99. The monoisotopic (exact) mass is 315 g/mol. The van der Waals surface area contributed by atoms with Crippen LogP contribution in [0.3, 0.4) is 0 Å². The third kappa shape index (κ3) is 5.94. The molecule has 1 nitrogen and oxygen atoms in total. The molecule has 1 aromatic rings. The maximum atomic E-state index is 5.89. The second-order valence-corrected chi connectivity index (χ2v) is 7.02. The van der Waals surface area contributed by atoms with E-state index in [2.05, 4.69) is 54.9 Å². The summed E-state index contributed by atoms with van der Waals surface area (Å²) in [7, 11) is 0. The van der Waals surface area contributed by atoms with Gasteiger partial charge >= 0.3 is 0 Å². The number of benzene rings is 1.